The minimum atomic E-state index is -3.15. The predicted octanol–water partition coefficient (Wildman–Crippen LogP) is 3.99. The predicted molar refractivity (Wildman–Crippen MR) is 135 cm³/mol. The molecular weight excluding hydrogens is 469 g/mol. The maximum absolute atomic E-state index is 14.3. The summed E-state index contributed by atoms with van der Waals surface area (Å²) in [5, 5.41) is 4.78. The van der Waals surface area contributed by atoms with Crippen molar-refractivity contribution in [3.05, 3.63) is 46.8 Å². The Kier molecular flexibility index (Phi) is 6.43. The van der Waals surface area contributed by atoms with E-state index in [9.17, 15) is 13.6 Å². The monoisotopic (exact) mass is 502 g/mol. The lowest BCUT2D eigenvalue weighted by Crippen LogP contribution is -2.41. The van der Waals surface area contributed by atoms with Gasteiger partial charge in [-0.1, -0.05) is 28.3 Å². The van der Waals surface area contributed by atoms with Gasteiger partial charge in [0.2, 0.25) is 0 Å². The number of alkyl halides is 2. The number of carbonyl (C=O) groups excluding carboxylic acids is 1. The zero-order valence-electron chi connectivity index (χ0n) is 20.3. The number of allylic oxidation sites excluding steroid dienone is 3. The summed E-state index contributed by atoms with van der Waals surface area (Å²) in [4.78, 5) is 22.5. The van der Waals surface area contributed by atoms with Crippen molar-refractivity contribution >= 4 is 26.6 Å². The van der Waals surface area contributed by atoms with Gasteiger partial charge in [-0.05, 0) is 44.9 Å². The van der Waals surface area contributed by atoms with Crippen LogP contribution in [0, 0.1) is 12.8 Å². The van der Waals surface area contributed by atoms with Gasteiger partial charge in [0.15, 0.2) is 5.65 Å². The fraction of sp³-hybridized carbons (Fsp3) is 0.560. The molecule has 5 rings (SSSR count). The van der Waals surface area contributed by atoms with Gasteiger partial charge >= 0.3 is 0 Å². The third-order valence-corrected chi connectivity index (χ3v) is 7.62. The molecule has 0 radical (unpaired) electrons. The van der Waals surface area contributed by atoms with Crippen LogP contribution in [0.4, 0.5) is 14.6 Å². The second kappa shape index (κ2) is 9.25. The number of carbonyl (C=O) groups is 1. The summed E-state index contributed by atoms with van der Waals surface area (Å²) in [5.74, 6) is 0.637. The second-order valence-corrected chi connectivity index (χ2v) is 10.9. The van der Waals surface area contributed by atoms with Gasteiger partial charge in [-0.15, -0.1) is 0 Å². The second-order valence-electron chi connectivity index (χ2n) is 10.2. The molecule has 2 aromatic heterocycles. The van der Waals surface area contributed by atoms with Crippen LogP contribution in [0.5, 0.6) is 0 Å². The highest BCUT2D eigenvalue weighted by molar-refractivity contribution is 7.18. The van der Waals surface area contributed by atoms with E-state index in [4.69, 9.17) is 15.8 Å². The molecule has 10 heteroatoms. The molecule has 1 aliphatic carbocycles. The SMILES string of the molecule is Cc1cn2nc([C@@H]3CCCCN3C(=O)C3=C(C(F)(F)P)C=CC(C)C3)cc2nc1N1CC[C@H](N)C1. The first-order chi connectivity index (χ1) is 16.6. The molecule has 1 amide bonds. The van der Waals surface area contributed by atoms with Gasteiger partial charge in [0.1, 0.15) is 5.82 Å². The Hall–Kier alpha value is -2.38. The van der Waals surface area contributed by atoms with Crippen molar-refractivity contribution in [2.24, 2.45) is 11.7 Å². The van der Waals surface area contributed by atoms with E-state index in [0.717, 1.165) is 55.8 Å². The number of hydrogen-bond donors (Lipinski definition) is 1. The standard InChI is InChI=1S/C25H33F2N6OP/c1-15-6-7-19(25(26,27)35)18(11-15)24(34)32-9-4-3-5-21(32)20-12-22-29-23(16(2)13-33(22)30-20)31-10-8-17(28)14-31/h6-7,12-13,15,17,21H,3-5,8-11,14,28,35H2,1-2H3/t15?,17-,21-/m0/s1. The van der Waals surface area contributed by atoms with Crippen LogP contribution in [0.2, 0.25) is 0 Å². The average molecular weight is 503 g/mol. The Balaban J connectivity index is 1.48. The lowest BCUT2D eigenvalue weighted by molar-refractivity contribution is -0.131. The number of nitrogens with zero attached hydrogens (tertiary/aromatic N) is 5. The molecule has 3 aliphatic rings. The number of aromatic nitrogens is 3. The molecule has 0 spiro atoms. The van der Waals surface area contributed by atoms with Crippen LogP contribution in [0.3, 0.4) is 0 Å². The smallest absolute Gasteiger partial charge is 0.284 e. The number of likely N-dealkylation sites (tertiary alicyclic amines) is 1. The quantitative estimate of drug-likeness (QED) is 0.640. The van der Waals surface area contributed by atoms with Crippen LogP contribution in [0.1, 0.15) is 56.3 Å². The van der Waals surface area contributed by atoms with Crippen LogP contribution < -0.4 is 10.6 Å². The van der Waals surface area contributed by atoms with Gasteiger partial charge in [0, 0.05) is 54.6 Å². The molecule has 2 N–H and O–H groups in total. The number of aryl methyl sites for hydroxylation is 1. The molecule has 2 aromatic rings. The largest absolute Gasteiger partial charge is 0.355 e. The van der Waals surface area contributed by atoms with Crippen molar-refractivity contribution in [3.63, 3.8) is 0 Å². The van der Waals surface area contributed by atoms with E-state index in [1.165, 1.54) is 6.08 Å². The highest BCUT2D eigenvalue weighted by atomic mass is 31.0. The number of fused-ring (bicyclic) bond motifs is 1. The van der Waals surface area contributed by atoms with Gasteiger partial charge < -0.3 is 15.5 Å². The third-order valence-electron chi connectivity index (χ3n) is 7.31. The van der Waals surface area contributed by atoms with E-state index >= 15 is 0 Å². The first-order valence-electron chi connectivity index (χ1n) is 12.4. The fourth-order valence-electron chi connectivity index (χ4n) is 5.51. The first-order valence-corrected chi connectivity index (χ1v) is 13.0. The van der Waals surface area contributed by atoms with Crippen molar-refractivity contribution in [1.82, 2.24) is 19.5 Å². The summed E-state index contributed by atoms with van der Waals surface area (Å²) in [6.45, 7) is 6.13. The fourth-order valence-corrected chi connectivity index (χ4v) is 5.78. The molecule has 2 fully saturated rings. The molecule has 35 heavy (non-hydrogen) atoms. The van der Waals surface area contributed by atoms with Crippen LogP contribution in [0.15, 0.2) is 35.6 Å². The number of nitrogens with two attached hydrogens (primary N) is 1. The molecule has 4 atom stereocenters. The van der Waals surface area contributed by atoms with Gasteiger partial charge in [-0.3, -0.25) is 4.79 Å². The summed E-state index contributed by atoms with van der Waals surface area (Å²) in [5.41, 5.74) is 5.43. The van der Waals surface area contributed by atoms with Crippen molar-refractivity contribution in [3.8, 4) is 0 Å². The van der Waals surface area contributed by atoms with Crippen molar-refractivity contribution in [2.45, 2.75) is 63.7 Å². The molecule has 2 saturated heterocycles. The summed E-state index contributed by atoms with van der Waals surface area (Å²) in [6.07, 6.45) is 8.92. The van der Waals surface area contributed by atoms with Gasteiger partial charge in [-0.25, -0.2) is 9.50 Å². The van der Waals surface area contributed by atoms with Crippen LogP contribution in [-0.4, -0.2) is 56.7 Å². The molecule has 188 valence electrons. The Bertz CT molecular complexity index is 1200. The van der Waals surface area contributed by atoms with Gasteiger partial charge in [0.25, 0.3) is 11.6 Å². The van der Waals surface area contributed by atoms with Crippen molar-refractivity contribution in [2.75, 3.05) is 24.5 Å². The Morgan fingerprint density at radius 1 is 1.26 bits per heavy atom. The number of rotatable bonds is 4. The number of piperidine rings is 1. The summed E-state index contributed by atoms with van der Waals surface area (Å²) in [6, 6.07) is 1.81. The zero-order valence-corrected chi connectivity index (χ0v) is 21.4. The van der Waals surface area contributed by atoms with E-state index in [1.807, 2.05) is 26.1 Å². The van der Waals surface area contributed by atoms with Crippen molar-refractivity contribution in [1.29, 1.82) is 0 Å². The summed E-state index contributed by atoms with van der Waals surface area (Å²) < 4.78 is 30.5. The van der Waals surface area contributed by atoms with Crippen LogP contribution >= 0.6 is 9.24 Å². The first kappa shape index (κ1) is 24.3. The molecule has 4 heterocycles. The maximum atomic E-state index is 14.3. The number of amides is 1. The van der Waals surface area contributed by atoms with Crippen LogP contribution in [-0.2, 0) is 4.79 Å². The molecule has 0 bridgehead atoms. The lowest BCUT2D eigenvalue weighted by Gasteiger charge is -2.37. The van der Waals surface area contributed by atoms with Gasteiger partial charge in [0.05, 0.1) is 11.7 Å². The maximum Gasteiger partial charge on any atom is 0.284 e. The summed E-state index contributed by atoms with van der Waals surface area (Å²) in [7, 11) is 1.58. The minimum Gasteiger partial charge on any atom is -0.355 e. The Morgan fingerprint density at radius 2 is 2.06 bits per heavy atom. The van der Waals surface area contributed by atoms with E-state index in [0.29, 0.717) is 18.6 Å². The number of hydrogen-bond acceptors (Lipinski definition) is 5. The van der Waals surface area contributed by atoms with E-state index in [-0.39, 0.29) is 35.1 Å². The molecular formula is C25H33F2N6OP. The highest BCUT2D eigenvalue weighted by Gasteiger charge is 2.38. The number of halogens is 2. The molecule has 2 unspecified atom stereocenters. The van der Waals surface area contributed by atoms with Crippen LogP contribution in [0.25, 0.3) is 5.65 Å². The topological polar surface area (TPSA) is 79.8 Å². The zero-order chi connectivity index (χ0) is 24.9. The molecule has 2 aliphatic heterocycles. The molecule has 0 saturated carbocycles. The third kappa shape index (κ3) is 4.73. The van der Waals surface area contributed by atoms with Gasteiger partial charge in [-0.2, -0.15) is 13.9 Å². The Morgan fingerprint density at radius 3 is 2.77 bits per heavy atom. The van der Waals surface area contributed by atoms with E-state index < -0.39 is 5.66 Å². The van der Waals surface area contributed by atoms with E-state index in [1.54, 1.807) is 24.7 Å². The normalized spacial score (nSPS) is 25.7. The highest BCUT2D eigenvalue weighted by Crippen LogP contribution is 2.41. The average Bonchev–Trinajstić information content (AvgIpc) is 3.42. The summed E-state index contributed by atoms with van der Waals surface area (Å²) >= 11 is 0. The van der Waals surface area contributed by atoms with E-state index in [2.05, 4.69) is 4.90 Å². The number of anilines is 1. The molecule has 7 nitrogen and oxygen atoms in total. The molecule has 0 aromatic carbocycles. The Labute approximate surface area is 206 Å². The lowest BCUT2D eigenvalue weighted by atomic mass is 9.88. The minimum absolute atomic E-state index is 0.0350. The van der Waals surface area contributed by atoms with Crippen molar-refractivity contribution < 1.29 is 13.6 Å².